The van der Waals surface area contributed by atoms with Crippen LogP contribution in [0.1, 0.15) is 47.2 Å². The molecule has 2 heterocycles. The summed E-state index contributed by atoms with van der Waals surface area (Å²) in [7, 11) is 2.00. The van der Waals surface area contributed by atoms with Crippen molar-refractivity contribution in [1.29, 1.82) is 0 Å². The molecular weight excluding hydrogens is 402 g/mol. The summed E-state index contributed by atoms with van der Waals surface area (Å²) in [5.41, 5.74) is 5.87. The van der Waals surface area contributed by atoms with Gasteiger partial charge >= 0.3 is 5.97 Å². The highest BCUT2D eigenvalue weighted by molar-refractivity contribution is 5.69. The number of hydrogen-bond donors (Lipinski definition) is 1. The lowest BCUT2D eigenvalue weighted by Crippen LogP contribution is -2.17. The number of nitrogens with zero attached hydrogens (tertiary/aromatic N) is 3. The molecule has 164 valence electrons. The van der Waals surface area contributed by atoms with Crippen molar-refractivity contribution in [2.45, 2.75) is 45.5 Å². The molecule has 4 rings (SSSR count). The van der Waals surface area contributed by atoms with Gasteiger partial charge in [-0.1, -0.05) is 42.3 Å². The van der Waals surface area contributed by atoms with Crippen LogP contribution in [0.15, 0.2) is 54.7 Å². The molecule has 6 nitrogen and oxygen atoms in total. The van der Waals surface area contributed by atoms with Gasteiger partial charge < -0.3 is 9.84 Å². The molecule has 2 aromatic carbocycles. The number of aliphatic carboxylic acids is 1. The zero-order valence-corrected chi connectivity index (χ0v) is 18.4. The van der Waals surface area contributed by atoms with E-state index in [9.17, 15) is 4.79 Å². The van der Waals surface area contributed by atoms with Gasteiger partial charge in [0.2, 0.25) is 0 Å². The molecule has 0 bridgehead atoms. The van der Waals surface area contributed by atoms with E-state index in [2.05, 4.69) is 46.1 Å². The Kier molecular flexibility index (Phi) is 6.58. The standard InChI is InChI=1S/C26H27N3O3/c1-3-5-22(13-26(30)31)21-8-10-24(11-9-21)32-18-20-7-4-6-19(12-20)15-29-16-23-14-27-28(2)25(23)17-29/h4,6-12,14,22H,13,15-18H2,1-2H3,(H,30,31)/t22-/m0/s1. The van der Waals surface area contributed by atoms with E-state index in [0.29, 0.717) is 6.61 Å². The van der Waals surface area contributed by atoms with Crippen LogP contribution in [0.3, 0.4) is 0 Å². The van der Waals surface area contributed by atoms with Crippen LogP contribution in [0.4, 0.5) is 0 Å². The van der Waals surface area contributed by atoms with Gasteiger partial charge in [-0.25, -0.2) is 0 Å². The largest absolute Gasteiger partial charge is 0.489 e. The lowest BCUT2D eigenvalue weighted by molar-refractivity contribution is -0.137. The van der Waals surface area contributed by atoms with Gasteiger partial charge in [-0.15, -0.1) is 5.92 Å². The molecule has 1 atom stereocenters. The van der Waals surface area contributed by atoms with Crippen molar-refractivity contribution >= 4 is 5.97 Å². The number of benzene rings is 2. The van der Waals surface area contributed by atoms with Crippen molar-refractivity contribution in [2.75, 3.05) is 0 Å². The second kappa shape index (κ2) is 9.71. The lowest BCUT2D eigenvalue weighted by Gasteiger charge is -2.16. The van der Waals surface area contributed by atoms with Crippen LogP contribution < -0.4 is 4.74 Å². The Bertz CT molecular complexity index is 1160. The highest BCUT2D eigenvalue weighted by Crippen LogP contribution is 2.25. The minimum atomic E-state index is -0.854. The first-order valence-corrected chi connectivity index (χ1v) is 10.7. The van der Waals surface area contributed by atoms with Crippen molar-refractivity contribution in [3.63, 3.8) is 0 Å². The fourth-order valence-electron chi connectivity index (χ4n) is 4.10. The third-order valence-corrected chi connectivity index (χ3v) is 5.70. The van der Waals surface area contributed by atoms with Crippen LogP contribution in [-0.4, -0.2) is 25.8 Å². The zero-order chi connectivity index (χ0) is 22.5. The molecular formula is C26H27N3O3. The van der Waals surface area contributed by atoms with E-state index in [0.717, 1.165) is 36.5 Å². The number of carboxylic acid groups (broad SMARTS) is 1. The molecule has 0 amide bonds. The van der Waals surface area contributed by atoms with E-state index < -0.39 is 5.97 Å². The van der Waals surface area contributed by atoms with Gasteiger partial charge in [0.05, 0.1) is 24.2 Å². The van der Waals surface area contributed by atoms with Crippen molar-refractivity contribution in [3.05, 3.63) is 82.7 Å². The SMILES string of the molecule is CC#C[C@@H](CC(=O)O)c1ccc(OCc2cccc(CN3Cc4cnn(C)c4C3)c2)cc1. The van der Waals surface area contributed by atoms with E-state index in [1.165, 1.54) is 16.8 Å². The Morgan fingerprint density at radius 2 is 1.97 bits per heavy atom. The van der Waals surface area contributed by atoms with E-state index in [4.69, 9.17) is 9.84 Å². The summed E-state index contributed by atoms with van der Waals surface area (Å²) in [5, 5.41) is 13.4. The molecule has 1 N–H and O–H groups in total. The van der Waals surface area contributed by atoms with Gasteiger partial charge in [0.15, 0.2) is 0 Å². The molecule has 0 fully saturated rings. The Morgan fingerprint density at radius 1 is 1.19 bits per heavy atom. The smallest absolute Gasteiger partial charge is 0.304 e. The quantitative estimate of drug-likeness (QED) is 0.546. The highest BCUT2D eigenvalue weighted by atomic mass is 16.5. The molecule has 0 unspecified atom stereocenters. The Morgan fingerprint density at radius 3 is 2.69 bits per heavy atom. The average molecular weight is 430 g/mol. The first-order valence-electron chi connectivity index (χ1n) is 10.7. The number of rotatable bonds is 8. The van der Waals surface area contributed by atoms with Crippen LogP contribution in [0.5, 0.6) is 5.75 Å². The molecule has 0 spiro atoms. The van der Waals surface area contributed by atoms with Crippen LogP contribution in [-0.2, 0) is 38.1 Å². The molecule has 32 heavy (non-hydrogen) atoms. The van der Waals surface area contributed by atoms with Gasteiger partial charge in [-0.3, -0.25) is 14.4 Å². The number of ether oxygens (including phenoxy) is 1. The molecule has 0 saturated heterocycles. The van der Waals surface area contributed by atoms with Crippen LogP contribution >= 0.6 is 0 Å². The maximum Gasteiger partial charge on any atom is 0.304 e. The third kappa shape index (κ3) is 5.19. The van der Waals surface area contributed by atoms with Crippen molar-refractivity contribution in [1.82, 2.24) is 14.7 Å². The number of hydrogen-bond acceptors (Lipinski definition) is 4. The van der Waals surface area contributed by atoms with Gasteiger partial charge in [0, 0.05) is 32.2 Å². The molecule has 1 aliphatic heterocycles. The van der Waals surface area contributed by atoms with Crippen molar-refractivity contribution in [3.8, 4) is 17.6 Å². The summed E-state index contributed by atoms with van der Waals surface area (Å²) < 4.78 is 7.93. The monoisotopic (exact) mass is 429 g/mol. The zero-order valence-electron chi connectivity index (χ0n) is 18.4. The van der Waals surface area contributed by atoms with E-state index in [1.807, 2.05) is 42.2 Å². The maximum atomic E-state index is 11.1. The third-order valence-electron chi connectivity index (χ3n) is 5.70. The van der Waals surface area contributed by atoms with Crippen LogP contribution in [0.2, 0.25) is 0 Å². The molecule has 3 aromatic rings. The number of aromatic nitrogens is 2. The minimum Gasteiger partial charge on any atom is -0.489 e. The van der Waals surface area contributed by atoms with E-state index in [-0.39, 0.29) is 12.3 Å². The first kappa shape index (κ1) is 21.7. The Hall–Kier alpha value is -3.56. The molecule has 0 aliphatic carbocycles. The van der Waals surface area contributed by atoms with Crippen LogP contribution in [0, 0.1) is 11.8 Å². The van der Waals surface area contributed by atoms with Gasteiger partial charge in [-0.05, 0) is 35.7 Å². The molecule has 1 aliphatic rings. The second-order valence-electron chi connectivity index (χ2n) is 8.11. The minimum absolute atomic E-state index is 0.00749. The summed E-state index contributed by atoms with van der Waals surface area (Å²) in [6.45, 7) is 4.94. The number of aryl methyl sites for hydroxylation is 1. The van der Waals surface area contributed by atoms with Gasteiger partial charge in [0.25, 0.3) is 0 Å². The summed E-state index contributed by atoms with van der Waals surface area (Å²) in [5.74, 6) is 5.37. The maximum absolute atomic E-state index is 11.1. The fraction of sp³-hybridized carbons (Fsp3) is 0.308. The lowest BCUT2D eigenvalue weighted by atomic mass is 9.96. The van der Waals surface area contributed by atoms with Gasteiger partial charge in [0.1, 0.15) is 12.4 Å². The summed E-state index contributed by atoms with van der Waals surface area (Å²) >= 11 is 0. The van der Waals surface area contributed by atoms with Crippen molar-refractivity contribution < 1.29 is 14.6 Å². The van der Waals surface area contributed by atoms with Gasteiger partial charge in [-0.2, -0.15) is 5.10 Å². The Balaban J connectivity index is 1.34. The summed E-state index contributed by atoms with van der Waals surface area (Å²) in [6, 6.07) is 16.0. The number of fused-ring (bicyclic) bond motifs is 1. The summed E-state index contributed by atoms with van der Waals surface area (Å²) in [6.07, 6.45) is 1.95. The first-order chi connectivity index (χ1) is 15.5. The van der Waals surface area contributed by atoms with Crippen molar-refractivity contribution in [2.24, 2.45) is 7.05 Å². The number of carbonyl (C=O) groups is 1. The predicted molar refractivity (Wildman–Crippen MR) is 122 cm³/mol. The topological polar surface area (TPSA) is 67.6 Å². The second-order valence-corrected chi connectivity index (χ2v) is 8.11. The highest BCUT2D eigenvalue weighted by Gasteiger charge is 2.22. The average Bonchev–Trinajstić information content (AvgIpc) is 3.33. The molecule has 1 aromatic heterocycles. The molecule has 6 heteroatoms. The molecule has 0 radical (unpaired) electrons. The summed E-state index contributed by atoms with van der Waals surface area (Å²) in [4.78, 5) is 13.5. The van der Waals surface area contributed by atoms with E-state index >= 15 is 0 Å². The normalized spacial score (nSPS) is 13.8. The number of carboxylic acids is 1. The fourth-order valence-corrected chi connectivity index (χ4v) is 4.10. The predicted octanol–water partition coefficient (Wildman–Crippen LogP) is 4.10. The Labute approximate surface area is 188 Å². The molecule has 0 saturated carbocycles. The van der Waals surface area contributed by atoms with Crippen LogP contribution in [0.25, 0.3) is 0 Å². The van der Waals surface area contributed by atoms with E-state index in [1.54, 1.807) is 6.92 Å².